The molecule has 0 spiro atoms. The Bertz CT molecular complexity index is 1080. The summed E-state index contributed by atoms with van der Waals surface area (Å²) in [7, 11) is -2.99. The molecule has 0 aliphatic rings. The zero-order valence-electron chi connectivity index (χ0n) is 20.4. The van der Waals surface area contributed by atoms with Crippen LogP contribution < -0.4 is 10.9 Å². The summed E-state index contributed by atoms with van der Waals surface area (Å²) < 4.78 is 84.4. The number of hydrazine groups is 1. The Hall–Kier alpha value is -2.86. The first-order valence-electron chi connectivity index (χ1n) is 10.9. The minimum atomic E-state index is -5.01. The molecule has 5 nitrogen and oxygen atoms in total. The van der Waals surface area contributed by atoms with Gasteiger partial charge in [0.2, 0.25) is 6.10 Å². The maximum absolute atomic E-state index is 13.6. The van der Waals surface area contributed by atoms with Crippen molar-refractivity contribution in [2.75, 3.05) is 0 Å². The fourth-order valence-electron chi connectivity index (χ4n) is 2.92. The first kappa shape index (κ1) is 29.4. The molecule has 0 heterocycles. The van der Waals surface area contributed by atoms with E-state index >= 15 is 0 Å². The van der Waals surface area contributed by atoms with Gasteiger partial charge in [-0.15, -0.1) is 0 Å². The van der Waals surface area contributed by atoms with Crippen molar-refractivity contribution in [3.05, 3.63) is 70.8 Å². The highest BCUT2D eigenvalue weighted by Crippen LogP contribution is 2.39. The van der Waals surface area contributed by atoms with E-state index in [1.807, 2.05) is 5.43 Å². The van der Waals surface area contributed by atoms with Gasteiger partial charge in [0.05, 0.1) is 5.56 Å². The van der Waals surface area contributed by atoms with Gasteiger partial charge in [0, 0.05) is 5.56 Å². The average Bonchev–Trinajstić information content (AvgIpc) is 2.74. The van der Waals surface area contributed by atoms with Crippen LogP contribution in [0.5, 0.6) is 0 Å². The van der Waals surface area contributed by atoms with Crippen LogP contribution in [-0.4, -0.2) is 32.4 Å². The number of nitrogens with one attached hydrogen (secondary N) is 2. The molecule has 0 fully saturated rings. The highest BCUT2D eigenvalue weighted by atomic mass is 28.4. The van der Waals surface area contributed by atoms with Gasteiger partial charge in [-0.1, -0.05) is 51.1 Å². The van der Waals surface area contributed by atoms with Crippen LogP contribution in [0.3, 0.4) is 0 Å². The van der Waals surface area contributed by atoms with E-state index in [2.05, 4.69) is 0 Å². The molecule has 1 unspecified atom stereocenters. The predicted molar refractivity (Wildman–Crippen MR) is 124 cm³/mol. The van der Waals surface area contributed by atoms with Crippen LogP contribution in [0.1, 0.15) is 47.8 Å². The highest BCUT2D eigenvalue weighted by molar-refractivity contribution is 6.74. The zero-order chi connectivity index (χ0) is 27.5. The zero-order valence-corrected chi connectivity index (χ0v) is 21.4. The maximum atomic E-state index is 13.6. The minimum Gasteiger partial charge on any atom is -0.398 e. The van der Waals surface area contributed by atoms with E-state index in [9.17, 15) is 35.9 Å². The number of hydrogen-bond donors (Lipinski definition) is 2. The SMILES string of the molecule is CC(C)(C)[Si](C)(C)OC(C(=O)NNC(=O)c1ccccc1Cc1ccc(C(F)(F)F)cc1)C(F)(F)F. The molecule has 36 heavy (non-hydrogen) atoms. The second kappa shape index (κ2) is 10.6. The number of hydrogen-bond acceptors (Lipinski definition) is 3. The summed E-state index contributed by atoms with van der Waals surface area (Å²) in [4.78, 5) is 25.1. The minimum absolute atomic E-state index is 0.0339. The van der Waals surface area contributed by atoms with Crippen molar-refractivity contribution in [2.24, 2.45) is 0 Å². The van der Waals surface area contributed by atoms with E-state index in [1.165, 1.54) is 24.3 Å². The molecule has 12 heteroatoms. The summed E-state index contributed by atoms with van der Waals surface area (Å²) >= 11 is 0. The number of rotatable bonds is 6. The third kappa shape index (κ3) is 7.57. The molecule has 0 saturated heterocycles. The summed E-state index contributed by atoms with van der Waals surface area (Å²) in [6.07, 6.45) is -12.2. The summed E-state index contributed by atoms with van der Waals surface area (Å²) in [6.45, 7) is 8.30. The second-order valence-corrected chi connectivity index (χ2v) is 14.5. The van der Waals surface area contributed by atoms with Crippen molar-refractivity contribution in [2.45, 2.75) is 63.8 Å². The van der Waals surface area contributed by atoms with Crippen molar-refractivity contribution in [3.63, 3.8) is 0 Å². The molecule has 2 amide bonds. The lowest BCUT2D eigenvalue weighted by atomic mass is 9.98. The Labute approximate surface area is 206 Å². The molecule has 0 aromatic heterocycles. The number of amides is 2. The summed E-state index contributed by atoms with van der Waals surface area (Å²) in [5, 5.41) is -0.600. The fourth-order valence-corrected chi connectivity index (χ4v) is 4.10. The molecule has 2 N–H and O–H groups in total. The quantitative estimate of drug-likeness (QED) is 0.271. The smallest absolute Gasteiger partial charge is 0.398 e. The summed E-state index contributed by atoms with van der Waals surface area (Å²) in [6, 6.07) is 10.4. The Morgan fingerprint density at radius 3 is 1.94 bits per heavy atom. The Kier molecular flexibility index (Phi) is 8.67. The number of halogens is 6. The van der Waals surface area contributed by atoms with Crippen molar-refractivity contribution >= 4 is 20.1 Å². The standard InChI is InChI=1S/C24H28F6N2O3Si/c1-22(2,3)36(4,5)35-19(24(28,29)30)21(34)32-31-20(33)18-9-7-6-8-16(18)14-15-10-12-17(13-11-15)23(25,26)27/h6-13,19H,14H2,1-5H3,(H,31,33)(H,32,34). The normalized spacial score (nSPS) is 13.8. The number of alkyl halides is 6. The van der Waals surface area contributed by atoms with Crippen LogP contribution in [-0.2, 0) is 21.8 Å². The fraction of sp³-hybridized carbons (Fsp3) is 0.417. The van der Waals surface area contributed by atoms with Crippen LogP contribution in [0.2, 0.25) is 18.1 Å². The molecule has 2 aromatic rings. The Morgan fingerprint density at radius 2 is 1.44 bits per heavy atom. The molecule has 0 aliphatic heterocycles. The number of carbonyl (C=O) groups excluding carboxylic acids is 2. The maximum Gasteiger partial charge on any atom is 0.422 e. The van der Waals surface area contributed by atoms with Crippen molar-refractivity contribution in [1.82, 2.24) is 10.9 Å². The van der Waals surface area contributed by atoms with Gasteiger partial charge in [0.1, 0.15) is 0 Å². The molecule has 1 atom stereocenters. The van der Waals surface area contributed by atoms with E-state index in [4.69, 9.17) is 4.43 Å². The van der Waals surface area contributed by atoms with Crippen molar-refractivity contribution in [1.29, 1.82) is 0 Å². The van der Waals surface area contributed by atoms with Crippen LogP contribution in [0.15, 0.2) is 48.5 Å². The third-order valence-corrected chi connectivity index (χ3v) is 10.4. The van der Waals surface area contributed by atoms with Crippen LogP contribution in [0, 0.1) is 0 Å². The van der Waals surface area contributed by atoms with E-state index in [0.29, 0.717) is 11.1 Å². The van der Waals surface area contributed by atoms with Gasteiger partial charge in [-0.25, -0.2) is 0 Å². The van der Waals surface area contributed by atoms with Gasteiger partial charge >= 0.3 is 12.4 Å². The van der Waals surface area contributed by atoms with Crippen LogP contribution in [0.4, 0.5) is 26.3 Å². The van der Waals surface area contributed by atoms with Crippen LogP contribution >= 0.6 is 0 Å². The summed E-state index contributed by atoms with van der Waals surface area (Å²) in [5.74, 6) is -2.46. The van der Waals surface area contributed by atoms with E-state index in [1.54, 1.807) is 51.4 Å². The van der Waals surface area contributed by atoms with Crippen LogP contribution in [0.25, 0.3) is 0 Å². The lowest BCUT2D eigenvalue weighted by Gasteiger charge is -2.39. The lowest BCUT2D eigenvalue weighted by Crippen LogP contribution is -2.57. The lowest BCUT2D eigenvalue weighted by molar-refractivity contribution is -0.201. The van der Waals surface area contributed by atoms with Gasteiger partial charge in [0.15, 0.2) is 8.32 Å². The van der Waals surface area contributed by atoms with Gasteiger partial charge in [0.25, 0.3) is 11.8 Å². The van der Waals surface area contributed by atoms with Crippen molar-refractivity contribution in [3.8, 4) is 0 Å². The first-order chi connectivity index (χ1) is 16.3. The molecule has 198 valence electrons. The predicted octanol–water partition coefficient (Wildman–Crippen LogP) is 6.01. The van der Waals surface area contributed by atoms with Gasteiger partial charge < -0.3 is 4.43 Å². The first-order valence-corrected chi connectivity index (χ1v) is 13.8. The monoisotopic (exact) mass is 534 g/mol. The Morgan fingerprint density at radius 1 is 0.889 bits per heavy atom. The molecular formula is C24H28F6N2O3Si. The summed E-state index contributed by atoms with van der Waals surface area (Å²) in [5.41, 5.74) is 3.86. The topological polar surface area (TPSA) is 67.4 Å². The van der Waals surface area contributed by atoms with Gasteiger partial charge in [-0.2, -0.15) is 26.3 Å². The number of benzene rings is 2. The van der Waals surface area contributed by atoms with E-state index in [0.717, 1.165) is 12.1 Å². The van der Waals surface area contributed by atoms with Crippen molar-refractivity contribution < 1.29 is 40.4 Å². The molecule has 0 radical (unpaired) electrons. The highest BCUT2D eigenvalue weighted by Gasteiger charge is 2.51. The molecule has 2 rings (SSSR count). The molecule has 0 aliphatic carbocycles. The van der Waals surface area contributed by atoms with E-state index in [-0.39, 0.29) is 12.0 Å². The number of carbonyl (C=O) groups is 2. The second-order valence-electron chi connectivity index (χ2n) is 9.77. The molecule has 0 bridgehead atoms. The molecule has 2 aromatic carbocycles. The third-order valence-electron chi connectivity index (χ3n) is 5.99. The van der Waals surface area contributed by atoms with Gasteiger partial charge in [-0.3, -0.25) is 20.4 Å². The molecular weight excluding hydrogens is 506 g/mol. The Balaban J connectivity index is 2.15. The average molecular weight is 535 g/mol. The van der Waals surface area contributed by atoms with Gasteiger partial charge in [-0.05, 0) is 53.9 Å². The van der Waals surface area contributed by atoms with E-state index < -0.39 is 49.2 Å². The largest absolute Gasteiger partial charge is 0.422 e. The molecule has 0 saturated carbocycles.